The number of ether oxygens (including phenoxy) is 1. The lowest BCUT2D eigenvalue weighted by Crippen LogP contribution is -2.37. The first-order chi connectivity index (χ1) is 7.70. The van der Waals surface area contributed by atoms with E-state index in [9.17, 15) is 9.59 Å². The van der Waals surface area contributed by atoms with E-state index in [-0.39, 0.29) is 6.54 Å². The maximum atomic E-state index is 10.7. The summed E-state index contributed by atoms with van der Waals surface area (Å²) < 4.78 is 5.28. The number of carbonyl (C=O) groups excluding carboxylic acids is 2. The molecule has 5 nitrogen and oxygen atoms in total. The number of benzene rings is 1. The van der Waals surface area contributed by atoms with Gasteiger partial charge in [0.15, 0.2) is 0 Å². The van der Waals surface area contributed by atoms with Crippen molar-refractivity contribution in [1.82, 2.24) is 5.32 Å². The van der Waals surface area contributed by atoms with Crippen LogP contribution in [0.2, 0.25) is 0 Å². The van der Waals surface area contributed by atoms with Crippen molar-refractivity contribution in [3.8, 4) is 0 Å². The van der Waals surface area contributed by atoms with Gasteiger partial charge in [0.25, 0.3) is 0 Å². The molecule has 0 atom stereocenters. The zero-order chi connectivity index (χ0) is 11.8. The van der Waals surface area contributed by atoms with Crippen LogP contribution >= 0.6 is 0 Å². The molecule has 0 saturated heterocycles. The van der Waals surface area contributed by atoms with Crippen molar-refractivity contribution in [3.63, 3.8) is 0 Å². The second kappa shape index (κ2) is 6.58. The van der Waals surface area contributed by atoms with Crippen LogP contribution in [-0.2, 0) is 20.9 Å². The molecule has 0 saturated carbocycles. The minimum atomic E-state index is -0.983. The molecule has 0 unspecified atom stereocenters. The summed E-state index contributed by atoms with van der Waals surface area (Å²) in [6, 6.07) is 9.67. The number of nitrogens with one attached hydrogen (secondary N) is 1. The van der Waals surface area contributed by atoms with Crippen LogP contribution in [0.1, 0.15) is 5.56 Å². The highest BCUT2D eigenvalue weighted by Gasteiger charge is 2.05. The largest absolute Gasteiger partial charge is 0.375 e. The van der Waals surface area contributed by atoms with Crippen molar-refractivity contribution in [3.05, 3.63) is 35.9 Å². The number of primary amides is 1. The third kappa shape index (κ3) is 4.56. The van der Waals surface area contributed by atoms with Crippen molar-refractivity contribution in [2.24, 2.45) is 5.73 Å². The molecule has 0 bridgehead atoms. The Balaban J connectivity index is 2.09. The van der Waals surface area contributed by atoms with Gasteiger partial charge in [0.05, 0.1) is 13.2 Å². The predicted octanol–water partition coefficient (Wildman–Crippen LogP) is -0.195. The number of hydrogen-bond acceptors (Lipinski definition) is 3. The van der Waals surface area contributed by atoms with E-state index in [0.717, 1.165) is 5.56 Å². The summed E-state index contributed by atoms with van der Waals surface area (Å²) in [7, 11) is 0. The Hall–Kier alpha value is -1.88. The average Bonchev–Trinajstić information content (AvgIpc) is 2.29. The molecule has 0 radical (unpaired) electrons. The van der Waals surface area contributed by atoms with Crippen LogP contribution in [0.3, 0.4) is 0 Å². The van der Waals surface area contributed by atoms with E-state index in [1.807, 2.05) is 30.3 Å². The van der Waals surface area contributed by atoms with Gasteiger partial charge in [-0.05, 0) is 5.56 Å². The van der Waals surface area contributed by atoms with E-state index in [1.54, 1.807) is 0 Å². The van der Waals surface area contributed by atoms with Crippen LogP contribution in [0.15, 0.2) is 30.3 Å². The summed E-state index contributed by atoms with van der Waals surface area (Å²) in [6.45, 7) is 1.09. The molecule has 1 aromatic rings. The van der Waals surface area contributed by atoms with Crippen LogP contribution in [0.5, 0.6) is 0 Å². The Bertz CT molecular complexity index is 352. The predicted molar refractivity (Wildman–Crippen MR) is 58.3 cm³/mol. The highest BCUT2D eigenvalue weighted by atomic mass is 16.5. The molecule has 0 heterocycles. The Morgan fingerprint density at radius 2 is 1.94 bits per heavy atom. The van der Waals surface area contributed by atoms with Crippen LogP contribution in [0, 0.1) is 0 Å². The first kappa shape index (κ1) is 12.2. The van der Waals surface area contributed by atoms with Crippen LogP contribution in [-0.4, -0.2) is 25.0 Å². The lowest BCUT2D eigenvalue weighted by atomic mass is 10.2. The molecular weight excluding hydrogens is 208 g/mol. The molecule has 3 N–H and O–H groups in total. The van der Waals surface area contributed by atoms with Gasteiger partial charge in [0.1, 0.15) is 0 Å². The van der Waals surface area contributed by atoms with E-state index in [0.29, 0.717) is 13.2 Å². The fourth-order valence-electron chi connectivity index (χ4n) is 1.09. The van der Waals surface area contributed by atoms with E-state index in [2.05, 4.69) is 5.32 Å². The number of nitrogens with two attached hydrogens (primary N) is 1. The SMILES string of the molecule is NC(=O)C(=O)NCCOCc1ccccc1. The maximum absolute atomic E-state index is 10.7. The maximum Gasteiger partial charge on any atom is 0.309 e. The normalized spacial score (nSPS) is 9.75. The Kier molecular flexibility index (Phi) is 5.01. The molecular formula is C11H14N2O3. The van der Waals surface area contributed by atoms with E-state index >= 15 is 0 Å². The summed E-state index contributed by atoms with van der Waals surface area (Å²) in [4.78, 5) is 21.1. The molecule has 0 aliphatic carbocycles. The zero-order valence-electron chi connectivity index (χ0n) is 8.81. The van der Waals surface area contributed by atoms with Crippen molar-refractivity contribution >= 4 is 11.8 Å². The van der Waals surface area contributed by atoms with E-state index in [1.165, 1.54) is 0 Å². The Morgan fingerprint density at radius 3 is 2.56 bits per heavy atom. The third-order valence-electron chi connectivity index (χ3n) is 1.87. The molecule has 1 rings (SSSR count). The van der Waals surface area contributed by atoms with Crippen molar-refractivity contribution < 1.29 is 14.3 Å². The average molecular weight is 222 g/mol. The minimum Gasteiger partial charge on any atom is -0.375 e. The molecule has 0 fully saturated rings. The van der Waals surface area contributed by atoms with E-state index in [4.69, 9.17) is 10.5 Å². The van der Waals surface area contributed by atoms with Crippen molar-refractivity contribution in [2.45, 2.75) is 6.61 Å². The molecule has 1 aromatic carbocycles. The Morgan fingerprint density at radius 1 is 1.25 bits per heavy atom. The van der Waals surface area contributed by atoms with Gasteiger partial charge in [0, 0.05) is 6.54 Å². The number of amides is 2. The summed E-state index contributed by atoms with van der Waals surface area (Å²) in [5.41, 5.74) is 5.81. The zero-order valence-corrected chi connectivity index (χ0v) is 8.81. The number of hydrogen-bond donors (Lipinski definition) is 2. The van der Waals surface area contributed by atoms with Crippen LogP contribution < -0.4 is 11.1 Å². The molecule has 0 aliphatic rings. The minimum absolute atomic E-state index is 0.272. The molecule has 0 spiro atoms. The van der Waals surface area contributed by atoms with Gasteiger partial charge in [0.2, 0.25) is 0 Å². The first-order valence-corrected chi connectivity index (χ1v) is 4.89. The molecule has 0 aromatic heterocycles. The molecule has 5 heteroatoms. The second-order valence-corrected chi connectivity index (χ2v) is 3.16. The standard InChI is InChI=1S/C11H14N2O3/c12-10(14)11(15)13-6-7-16-8-9-4-2-1-3-5-9/h1-5H,6-8H2,(H2,12,14)(H,13,15). The fraction of sp³-hybridized carbons (Fsp3) is 0.273. The smallest absolute Gasteiger partial charge is 0.309 e. The summed E-state index contributed by atoms with van der Waals surface area (Å²) >= 11 is 0. The highest BCUT2D eigenvalue weighted by molar-refractivity contribution is 6.34. The lowest BCUT2D eigenvalue weighted by Gasteiger charge is -2.04. The van der Waals surface area contributed by atoms with Gasteiger partial charge < -0.3 is 15.8 Å². The quantitative estimate of drug-likeness (QED) is 0.535. The van der Waals surface area contributed by atoms with Gasteiger partial charge >= 0.3 is 11.8 Å². The first-order valence-electron chi connectivity index (χ1n) is 4.89. The van der Waals surface area contributed by atoms with Crippen molar-refractivity contribution in [2.75, 3.05) is 13.2 Å². The van der Waals surface area contributed by atoms with Gasteiger partial charge in [-0.25, -0.2) is 0 Å². The topological polar surface area (TPSA) is 81.4 Å². The monoisotopic (exact) mass is 222 g/mol. The van der Waals surface area contributed by atoms with Crippen LogP contribution in [0.25, 0.3) is 0 Å². The molecule has 0 aliphatic heterocycles. The highest BCUT2D eigenvalue weighted by Crippen LogP contribution is 1.99. The fourth-order valence-corrected chi connectivity index (χ4v) is 1.09. The molecule has 16 heavy (non-hydrogen) atoms. The van der Waals surface area contributed by atoms with Gasteiger partial charge in [-0.2, -0.15) is 0 Å². The van der Waals surface area contributed by atoms with Gasteiger partial charge in [-0.1, -0.05) is 30.3 Å². The third-order valence-corrected chi connectivity index (χ3v) is 1.87. The Labute approximate surface area is 93.6 Å². The lowest BCUT2D eigenvalue weighted by molar-refractivity contribution is -0.137. The number of carbonyl (C=O) groups is 2. The summed E-state index contributed by atoms with van der Waals surface area (Å²) in [5, 5.41) is 2.33. The van der Waals surface area contributed by atoms with Gasteiger partial charge in [-0.15, -0.1) is 0 Å². The summed E-state index contributed by atoms with van der Waals surface area (Å²) in [5.74, 6) is -1.77. The molecule has 86 valence electrons. The van der Waals surface area contributed by atoms with E-state index < -0.39 is 11.8 Å². The van der Waals surface area contributed by atoms with Crippen LogP contribution in [0.4, 0.5) is 0 Å². The number of rotatable bonds is 5. The molecule has 2 amide bonds. The second-order valence-electron chi connectivity index (χ2n) is 3.16. The summed E-state index contributed by atoms with van der Waals surface area (Å²) in [6.07, 6.45) is 0. The van der Waals surface area contributed by atoms with Crippen molar-refractivity contribution in [1.29, 1.82) is 0 Å². The van der Waals surface area contributed by atoms with Gasteiger partial charge in [-0.3, -0.25) is 9.59 Å².